The standard InChI is InChI=1S/C19H21N5O3S/c1-13-14-11-20-24(15-5-3-4-6-16(15)26-2)18(14)19(22-21-13)28-12-17(25)23-7-9-27-10-8-23/h3-6,11H,7-10,12H2,1-2H3. The molecule has 146 valence electrons. The third-order valence-electron chi connectivity index (χ3n) is 4.66. The van der Waals surface area contributed by atoms with Gasteiger partial charge in [0.1, 0.15) is 22.0 Å². The number of aryl methyl sites for hydroxylation is 1. The van der Waals surface area contributed by atoms with E-state index in [2.05, 4.69) is 15.3 Å². The van der Waals surface area contributed by atoms with Gasteiger partial charge in [-0.15, -0.1) is 5.10 Å². The first-order chi connectivity index (χ1) is 13.7. The van der Waals surface area contributed by atoms with Crippen LogP contribution in [0.2, 0.25) is 0 Å². The van der Waals surface area contributed by atoms with Crippen molar-refractivity contribution in [1.82, 2.24) is 24.9 Å². The van der Waals surface area contributed by atoms with E-state index in [0.717, 1.165) is 22.3 Å². The third kappa shape index (κ3) is 3.55. The van der Waals surface area contributed by atoms with Crippen LogP contribution in [-0.2, 0) is 9.53 Å². The van der Waals surface area contributed by atoms with Gasteiger partial charge < -0.3 is 14.4 Å². The fourth-order valence-corrected chi connectivity index (χ4v) is 4.03. The molecule has 4 rings (SSSR count). The minimum Gasteiger partial charge on any atom is -0.494 e. The molecular weight excluding hydrogens is 378 g/mol. The largest absolute Gasteiger partial charge is 0.494 e. The first-order valence-electron chi connectivity index (χ1n) is 9.01. The molecule has 0 N–H and O–H groups in total. The molecule has 0 atom stereocenters. The Kier molecular flexibility index (Phi) is 5.45. The molecule has 3 aromatic rings. The molecule has 1 aliphatic heterocycles. The Hall–Kier alpha value is -2.65. The van der Waals surface area contributed by atoms with E-state index in [-0.39, 0.29) is 5.91 Å². The summed E-state index contributed by atoms with van der Waals surface area (Å²) in [6.45, 7) is 4.34. The summed E-state index contributed by atoms with van der Waals surface area (Å²) in [6.07, 6.45) is 1.78. The highest BCUT2D eigenvalue weighted by atomic mass is 32.2. The number of hydrogen-bond acceptors (Lipinski definition) is 7. The minimum absolute atomic E-state index is 0.0761. The first kappa shape index (κ1) is 18.7. The van der Waals surface area contributed by atoms with E-state index in [1.165, 1.54) is 11.8 Å². The predicted molar refractivity (Wildman–Crippen MR) is 106 cm³/mol. The number of carbonyl (C=O) groups excluding carboxylic acids is 1. The zero-order valence-electron chi connectivity index (χ0n) is 15.8. The normalized spacial score (nSPS) is 14.4. The van der Waals surface area contributed by atoms with Crippen LogP contribution in [0.5, 0.6) is 5.75 Å². The topological polar surface area (TPSA) is 82.4 Å². The van der Waals surface area contributed by atoms with Crippen LogP contribution < -0.4 is 4.74 Å². The van der Waals surface area contributed by atoms with Crippen LogP contribution in [0.3, 0.4) is 0 Å². The van der Waals surface area contributed by atoms with E-state index in [1.54, 1.807) is 18.0 Å². The molecule has 1 aromatic carbocycles. The summed E-state index contributed by atoms with van der Waals surface area (Å²) < 4.78 is 12.6. The Morgan fingerprint density at radius 1 is 1.25 bits per heavy atom. The third-order valence-corrected chi connectivity index (χ3v) is 5.60. The van der Waals surface area contributed by atoms with Gasteiger partial charge in [-0.1, -0.05) is 23.9 Å². The maximum absolute atomic E-state index is 12.5. The summed E-state index contributed by atoms with van der Waals surface area (Å²) in [7, 11) is 1.63. The summed E-state index contributed by atoms with van der Waals surface area (Å²) in [4.78, 5) is 14.4. The fraction of sp³-hybridized carbons (Fsp3) is 0.368. The smallest absolute Gasteiger partial charge is 0.233 e. The number of para-hydroxylation sites is 2. The van der Waals surface area contributed by atoms with Gasteiger partial charge in [-0.25, -0.2) is 4.68 Å². The van der Waals surface area contributed by atoms with Gasteiger partial charge in [-0.05, 0) is 19.1 Å². The molecule has 1 fully saturated rings. The number of amides is 1. The number of carbonyl (C=O) groups is 1. The molecule has 28 heavy (non-hydrogen) atoms. The molecule has 0 unspecified atom stereocenters. The second-order valence-corrected chi connectivity index (χ2v) is 7.33. The van der Waals surface area contributed by atoms with Crippen molar-refractivity contribution < 1.29 is 14.3 Å². The van der Waals surface area contributed by atoms with E-state index < -0.39 is 0 Å². The average molecular weight is 399 g/mol. The van der Waals surface area contributed by atoms with Crippen molar-refractivity contribution in [1.29, 1.82) is 0 Å². The number of hydrogen-bond donors (Lipinski definition) is 0. The van der Waals surface area contributed by atoms with Gasteiger partial charge in [-0.3, -0.25) is 4.79 Å². The zero-order valence-corrected chi connectivity index (χ0v) is 16.6. The second-order valence-electron chi connectivity index (χ2n) is 6.36. The highest BCUT2D eigenvalue weighted by molar-refractivity contribution is 8.00. The molecule has 1 aliphatic rings. The van der Waals surface area contributed by atoms with Crippen molar-refractivity contribution in [3.05, 3.63) is 36.2 Å². The van der Waals surface area contributed by atoms with Gasteiger partial charge in [0.2, 0.25) is 5.91 Å². The quantitative estimate of drug-likeness (QED) is 0.608. The number of rotatable bonds is 5. The molecule has 1 amide bonds. The molecule has 2 aromatic heterocycles. The van der Waals surface area contributed by atoms with E-state index in [4.69, 9.17) is 9.47 Å². The lowest BCUT2D eigenvalue weighted by atomic mass is 10.2. The van der Waals surface area contributed by atoms with E-state index >= 15 is 0 Å². The van der Waals surface area contributed by atoms with Gasteiger partial charge in [-0.2, -0.15) is 10.2 Å². The molecule has 0 spiro atoms. The number of methoxy groups -OCH3 is 1. The Morgan fingerprint density at radius 3 is 2.82 bits per heavy atom. The number of benzene rings is 1. The lowest BCUT2D eigenvalue weighted by Gasteiger charge is -2.26. The number of fused-ring (bicyclic) bond motifs is 1. The average Bonchev–Trinajstić information content (AvgIpc) is 3.20. The number of thioether (sulfide) groups is 1. The van der Waals surface area contributed by atoms with Crippen LogP contribution in [-0.4, -0.2) is 70.0 Å². The maximum atomic E-state index is 12.5. The van der Waals surface area contributed by atoms with Crippen LogP contribution in [0.1, 0.15) is 5.69 Å². The number of aromatic nitrogens is 4. The van der Waals surface area contributed by atoms with Crippen molar-refractivity contribution >= 4 is 28.6 Å². The Labute approximate surface area is 166 Å². The minimum atomic E-state index is 0.0761. The van der Waals surface area contributed by atoms with Gasteiger partial charge in [0.25, 0.3) is 0 Å². The summed E-state index contributed by atoms with van der Waals surface area (Å²) in [5, 5.41) is 14.7. The monoisotopic (exact) mass is 399 g/mol. The molecule has 0 aliphatic carbocycles. The van der Waals surface area contributed by atoms with Crippen LogP contribution in [0.25, 0.3) is 16.6 Å². The van der Waals surface area contributed by atoms with Gasteiger partial charge in [0.05, 0.1) is 38.0 Å². The van der Waals surface area contributed by atoms with E-state index in [9.17, 15) is 4.79 Å². The van der Waals surface area contributed by atoms with Crippen molar-refractivity contribution in [3.63, 3.8) is 0 Å². The van der Waals surface area contributed by atoms with Crippen LogP contribution in [0.15, 0.2) is 35.5 Å². The highest BCUT2D eigenvalue weighted by Gasteiger charge is 2.20. The number of morpholine rings is 1. The lowest BCUT2D eigenvalue weighted by molar-refractivity contribution is -0.132. The Morgan fingerprint density at radius 2 is 2.04 bits per heavy atom. The summed E-state index contributed by atoms with van der Waals surface area (Å²) in [5.41, 5.74) is 2.44. The molecule has 0 radical (unpaired) electrons. The van der Waals surface area contributed by atoms with Gasteiger partial charge in [0.15, 0.2) is 0 Å². The van der Waals surface area contributed by atoms with Crippen molar-refractivity contribution in [2.45, 2.75) is 11.9 Å². The summed E-state index contributed by atoms with van der Waals surface area (Å²) in [6, 6.07) is 7.67. The van der Waals surface area contributed by atoms with Crippen molar-refractivity contribution in [2.75, 3.05) is 39.2 Å². The number of ether oxygens (including phenoxy) is 2. The van der Waals surface area contributed by atoms with Gasteiger partial charge >= 0.3 is 0 Å². The maximum Gasteiger partial charge on any atom is 0.233 e. The van der Waals surface area contributed by atoms with Crippen LogP contribution in [0, 0.1) is 6.92 Å². The van der Waals surface area contributed by atoms with E-state index in [0.29, 0.717) is 42.8 Å². The molecular formula is C19H21N5O3S. The zero-order chi connectivity index (χ0) is 19.5. The molecule has 8 nitrogen and oxygen atoms in total. The second kappa shape index (κ2) is 8.15. The van der Waals surface area contributed by atoms with Crippen LogP contribution in [0.4, 0.5) is 0 Å². The summed E-state index contributed by atoms with van der Waals surface area (Å²) >= 11 is 1.38. The first-order valence-corrected chi connectivity index (χ1v) is 10.0. The Balaban J connectivity index is 1.68. The van der Waals surface area contributed by atoms with Crippen molar-refractivity contribution in [2.24, 2.45) is 0 Å². The highest BCUT2D eigenvalue weighted by Crippen LogP contribution is 2.31. The lowest BCUT2D eigenvalue weighted by Crippen LogP contribution is -2.41. The van der Waals surface area contributed by atoms with Gasteiger partial charge in [0, 0.05) is 18.5 Å². The molecule has 0 bridgehead atoms. The number of nitrogens with zero attached hydrogens (tertiary/aromatic N) is 5. The molecule has 9 heteroatoms. The SMILES string of the molecule is COc1ccccc1-n1ncc2c(C)nnc(SCC(=O)N3CCOCC3)c21. The Bertz CT molecular complexity index is 1000. The van der Waals surface area contributed by atoms with Crippen molar-refractivity contribution in [3.8, 4) is 11.4 Å². The molecule has 0 saturated carbocycles. The summed E-state index contributed by atoms with van der Waals surface area (Å²) in [5.74, 6) is 1.08. The van der Waals surface area contributed by atoms with E-state index in [1.807, 2.05) is 36.1 Å². The molecule has 1 saturated heterocycles. The molecule has 3 heterocycles. The van der Waals surface area contributed by atoms with Crippen LogP contribution >= 0.6 is 11.8 Å². The predicted octanol–water partition coefficient (Wildman–Crippen LogP) is 2.08. The fourth-order valence-electron chi connectivity index (χ4n) is 3.16.